The smallest absolute Gasteiger partial charge is 0.0230 e. The minimum Gasteiger partial charge on any atom is -0.314 e. The van der Waals surface area contributed by atoms with Gasteiger partial charge in [0.05, 0.1) is 0 Å². The van der Waals surface area contributed by atoms with Crippen LogP contribution in [-0.4, -0.2) is 56.1 Å². The van der Waals surface area contributed by atoms with Crippen LogP contribution in [0.4, 0.5) is 0 Å². The van der Waals surface area contributed by atoms with E-state index in [1.165, 1.54) is 31.7 Å². The number of hydrogen-bond donors (Lipinski definition) is 1. The molecule has 2 rings (SSSR count). The molecule has 1 aromatic carbocycles. The molecule has 1 fully saturated rings. The van der Waals surface area contributed by atoms with E-state index in [1.807, 2.05) is 0 Å². The van der Waals surface area contributed by atoms with E-state index in [2.05, 4.69) is 59.4 Å². The summed E-state index contributed by atoms with van der Waals surface area (Å²) in [5.74, 6) is 0.729. The summed E-state index contributed by atoms with van der Waals surface area (Å²) in [5, 5.41) is 3.41. The Bertz CT molecular complexity index is 346. The second kappa shape index (κ2) is 7.63. The van der Waals surface area contributed by atoms with E-state index < -0.39 is 0 Å². The first-order valence-electron chi connectivity index (χ1n) is 7.39. The minimum atomic E-state index is 0.729. The van der Waals surface area contributed by atoms with Crippen LogP contribution in [0.5, 0.6) is 0 Å². The molecule has 0 aliphatic carbocycles. The number of rotatable bonds is 6. The number of benzene rings is 1. The molecule has 1 aromatic rings. The SMILES string of the molecule is CC(CN(C)Cc1ccccc1)CN1CCNCC1. The van der Waals surface area contributed by atoms with Crippen molar-refractivity contribution in [3.8, 4) is 0 Å². The molecule has 0 radical (unpaired) electrons. The van der Waals surface area contributed by atoms with E-state index in [0.29, 0.717) is 0 Å². The van der Waals surface area contributed by atoms with Crippen molar-refractivity contribution in [2.24, 2.45) is 5.92 Å². The normalized spacial score (nSPS) is 18.7. The Kier molecular flexibility index (Phi) is 5.83. The fraction of sp³-hybridized carbons (Fsp3) is 0.625. The lowest BCUT2D eigenvalue weighted by molar-refractivity contribution is 0.181. The van der Waals surface area contributed by atoms with Crippen molar-refractivity contribution < 1.29 is 0 Å². The number of nitrogens with zero attached hydrogens (tertiary/aromatic N) is 2. The molecule has 1 atom stereocenters. The van der Waals surface area contributed by atoms with Gasteiger partial charge in [-0.15, -0.1) is 0 Å². The highest BCUT2D eigenvalue weighted by Crippen LogP contribution is 2.07. The molecule has 19 heavy (non-hydrogen) atoms. The first-order valence-corrected chi connectivity index (χ1v) is 7.39. The van der Waals surface area contributed by atoms with E-state index in [0.717, 1.165) is 25.6 Å². The Morgan fingerprint density at radius 2 is 1.89 bits per heavy atom. The van der Waals surface area contributed by atoms with Crippen molar-refractivity contribution in [2.75, 3.05) is 46.3 Å². The van der Waals surface area contributed by atoms with Gasteiger partial charge in [0.15, 0.2) is 0 Å². The van der Waals surface area contributed by atoms with Crippen LogP contribution in [-0.2, 0) is 6.54 Å². The van der Waals surface area contributed by atoms with Crippen LogP contribution in [0.25, 0.3) is 0 Å². The second-order valence-corrected chi connectivity index (χ2v) is 5.84. The highest BCUT2D eigenvalue weighted by atomic mass is 15.2. The Morgan fingerprint density at radius 3 is 2.58 bits per heavy atom. The van der Waals surface area contributed by atoms with E-state index in [9.17, 15) is 0 Å². The van der Waals surface area contributed by atoms with Crippen molar-refractivity contribution in [1.29, 1.82) is 0 Å². The highest BCUT2D eigenvalue weighted by molar-refractivity contribution is 5.14. The van der Waals surface area contributed by atoms with Gasteiger partial charge in [0, 0.05) is 45.8 Å². The second-order valence-electron chi connectivity index (χ2n) is 5.84. The molecule has 0 bridgehead atoms. The molecular weight excluding hydrogens is 234 g/mol. The fourth-order valence-corrected chi connectivity index (χ4v) is 2.88. The summed E-state index contributed by atoms with van der Waals surface area (Å²) in [7, 11) is 2.22. The first-order chi connectivity index (χ1) is 9.24. The molecule has 3 nitrogen and oxygen atoms in total. The number of nitrogens with one attached hydrogen (secondary N) is 1. The molecule has 1 saturated heterocycles. The van der Waals surface area contributed by atoms with Gasteiger partial charge < -0.3 is 15.1 Å². The molecule has 1 aliphatic rings. The van der Waals surface area contributed by atoms with E-state index in [4.69, 9.17) is 0 Å². The summed E-state index contributed by atoms with van der Waals surface area (Å²) < 4.78 is 0. The molecule has 0 aromatic heterocycles. The Labute approximate surface area is 117 Å². The van der Waals surface area contributed by atoms with Crippen molar-refractivity contribution >= 4 is 0 Å². The highest BCUT2D eigenvalue weighted by Gasteiger charge is 2.14. The van der Waals surface area contributed by atoms with Crippen LogP contribution >= 0.6 is 0 Å². The molecule has 1 heterocycles. The average Bonchev–Trinajstić information content (AvgIpc) is 2.40. The van der Waals surface area contributed by atoms with Crippen LogP contribution in [0.2, 0.25) is 0 Å². The third-order valence-electron chi connectivity index (χ3n) is 3.70. The van der Waals surface area contributed by atoms with Crippen molar-refractivity contribution in [3.05, 3.63) is 35.9 Å². The molecule has 0 amide bonds. The zero-order chi connectivity index (χ0) is 13.5. The number of piperazine rings is 1. The predicted molar refractivity (Wildman–Crippen MR) is 81.2 cm³/mol. The zero-order valence-corrected chi connectivity index (χ0v) is 12.3. The molecule has 1 aliphatic heterocycles. The standard InChI is InChI=1S/C16H27N3/c1-15(13-19-10-8-17-9-11-19)12-18(2)14-16-6-4-3-5-7-16/h3-7,15,17H,8-14H2,1-2H3. The topological polar surface area (TPSA) is 18.5 Å². The lowest BCUT2D eigenvalue weighted by atomic mass is 10.1. The minimum absolute atomic E-state index is 0.729. The monoisotopic (exact) mass is 261 g/mol. The summed E-state index contributed by atoms with van der Waals surface area (Å²) in [5.41, 5.74) is 1.40. The van der Waals surface area contributed by atoms with Gasteiger partial charge in [-0.25, -0.2) is 0 Å². The molecular formula is C16H27N3. The molecule has 1 N–H and O–H groups in total. The maximum absolute atomic E-state index is 3.41. The molecule has 1 unspecified atom stereocenters. The average molecular weight is 261 g/mol. The number of hydrogen-bond acceptors (Lipinski definition) is 3. The Morgan fingerprint density at radius 1 is 1.21 bits per heavy atom. The van der Waals surface area contributed by atoms with Crippen molar-refractivity contribution in [1.82, 2.24) is 15.1 Å². The van der Waals surface area contributed by atoms with Crippen molar-refractivity contribution in [3.63, 3.8) is 0 Å². The van der Waals surface area contributed by atoms with Crippen LogP contribution in [0.15, 0.2) is 30.3 Å². The summed E-state index contributed by atoms with van der Waals surface area (Å²) in [4.78, 5) is 5.01. The van der Waals surface area contributed by atoms with Crippen molar-refractivity contribution in [2.45, 2.75) is 13.5 Å². The van der Waals surface area contributed by atoms with Gasteiger partial charge in [-0.1, -0.05) is 37.3 Å². The van der Waals surface area contributed by atoms with E-state index in [-0.39, 0.29) is 0 Å². The van der Waals surface area contributed by atoms with E-state index >= 15 is 0 Å². The maximum atomic E-state index is 3.41. The summed E-state index contributed by atoms with van der Waals surface area (Å²) in [6, 6.07) is 10.7. The quantitative estimate of drug-likeness (QED) is 0.840. The van der Waals surface area contributed by atoms with Gasteiger partial charge >= 0.3 is 0 Å². The predicted octanol–water partition coefficient (Wildman–Crippen LogP) is 1.66. The summed E-state index contributed by atoms with van der Waals surface area (Å²) >= 11 is 0. The lowest BCUT2D eigenvalue weighted by Gasteiger charge is -2.31. The first kappa shape index (κ1) is 14.5. The van der Waals surface area contributed by atoms with Crippen LogP contribution in [0, 0.1) is 5.92 Å². The fourth-order valence-electron chi connectivity index (χ4n) is 2.88. The molecule has 106 valence electrons. The Balaban J connectivity index is 1.70. The van der Waals surface area contributed by atoms with Gasteiger partial charge in [-0.05, 0) is 18.5 Å². The Hall–Kier alpha value is -0.900. The van der Waals surface area contributed by atoms with Gasteiger partial charge in [-0.2, -0.15) is 0 Å². The van der Waals surface area contributed by atoms with Gasteiger partial charge in [-0.3, -0.25) is 0 Å². The van der Waals surface area contributed by atoms with Gasteiger partial charge in [0.1, 0.15) is 0 Å². The zero-order valence-electron chi connectivity index (χ0n) is 12.3. The molecule has 3 heteroatoms. The third kappa shape index (κ3) is 5.31. The molecule has 0 saturated carbocycles. The summed E-state index contributed by atoms with van der Waals surface area (Å²) in [6.07, 6.45) is 0. The van der Waals surface area contributed by atoms with E-state index in [1.54, 1.807) is 0 Å². The van der Waals surface area contributed by atoms with Crippen LogP contribution in [0.1, 0.15) is 12.5 Å². The molecule has 0 spiro atoms. The lowest BCUT2D eigenvalue weighted by Crippen LogP contribution is -2.46. The summed E-state index contributed by atoms with van der Waals surface area (Å²) in [6.45, 7) is 10.5. The van der Waals surface area contributed by atoms with Crippen LogP contribution in [0.3, 0.4) is 0 Å². The van der Waals surface area contributed by atoms with Crippen LogP contribution < -0.4 is 5.32 Å². The maximum Gasteiger partial charge on any atom is 0.0230 e. The third-order valence-corrected chi connectivity index (χ3v) is 3.70. The van der Waals surface area contributed by atoms with Gasteiger partial charge in [0.25, 0.3) is 0 Å². The largest absolute Gasteiger partial charge is 0.314 e. The van der Waals surface area contributed by atoms with Gasteiger partial charge in [0.2, 0.25) is 0 Å².